The first-order valence-electron chi connectivity index (χ1n) is 4.25. The Morgan fingerprint density at radius 1 is 1.43 bits per heavy atom. The van der Waals surface area contributed by atoms with E-state index in [1.165, 1.54) is 6.26 Å². The average Bonchev–Trinajstić information content (AvgIpc) is 2.06. The summed E-state index contributed by atoms with van der Waals surface area (Å²) < 4.78 is 22.1. The Balaban J connectivity index is 3.01. The third-order valence-corrected chi connectivity index (χ3v) is 2.72. The zero-order chi connectivity index (χ0) is 10.8. The van der Waals surface area contributed by atoms with Gasteiger partial charge in [-0.05, 0) is 18.6 Å². The highest BCUT2D eigenvalue weighted by molar-refractivity contribution is 7.89. The summed E-state index contributed by atoms with van der Waals surface area (Å²) in [7, 11) is -2.99. The Bertz CT molecular complexity index is 426. The van der Waals surface area contributed by atoms with Gasteiger partial charge in [0, 0.05) is 18.5 Å². The second-order valence-electron chi connectivity index (χ2n) is 3.32. The maximum atomic E-state index is 11.1. The van der Waals surface area contributed by atoms with Crippen LogP contribution in [0.2, 0.25) is 0 Å². The molecule has 4 nitrogen and oxygen atoms in total. The molecule has 0 spiro atoms. The van der Waals surface area contributed by atoms with E-state index in [1.807, 2.05) is 0 Å². The van der Waals surface area contributed by atoms with Crippen molar-refractivity contribution in [3.05, 3.63) is 29.1 Å². The molecule has 0 saturated carbocycles. The molecule has 0 saturated heterocycles. The van der Waals surface area contributed by atoms with Crippen LogP contribution in [0.1, 0.15) is 17.0 Å². The summed E-state index contributed by atoms with van der Waals surface area (Å²) in [6.45, 7) is 2.17. The molecule has 0 amide bonds. The molecule has 2 N–H and O–H groups in total. The summed E-state index contributed by atoms with van der Waals surface area (Å²) >= 11 is 0. The van der Waals surface area contributed by atoms with Gasteiger partial charge in [0.1, 0.15) is 0 Å². The molecule has 0 fully saturated rings. The number of sulfone groups is 1. The van der Waals surface area contributed by atoms with Crippen LogP contribution in [0.15, 0.2) is 12.1 Å². The van der Waals surface area contributed by atoms with Gasteiger partial charge in [-0.3, -0.25) is 4.98 Å². The third kappa shape index (κ3) is 3.08. The van der Waals surface area contributed by atoms with Crippen molar-refractivity contribution in [3.8, 4) is 0 Å². The molecule has 0 aromatic carbocycles. The van der Waals surface area contributed by atoms with Gasteiger partial charge in [-0.25, -0.2) is 8.42 Å². The van der Waals surface area contributed by atoms with E-state index in [2.05, 4.69) is 4.98 Å². The maximum absolute atomic E-state index is 11.1. The van der Waals surface area contributed by atoms with Crippen molar-refractivity contribution in [1.82, 2.24) is 4.98 Å². The number of aryl methyl sites for hydroxylation is 1. The molecule has 0 radical (unpaired) electrons. The monoisotopic (exact) mass is 214 g/mol. The van der Waals surface area contributed by atoms with E-state index in [1.54, 1.807) is 19.1 Å². The van der Waals surface area contributed by atoms with Crippen LogP contribution in [0.4, 0.5) is 0 Å². The smallest absolute Gasteiger partial charge is 0.151 e. The lowest BCUT2D eigenvalue weighted by molar-refractivity contribution is 0.601. The molecule has 0 bridgehead atoms. The first kappa shape index (κ1) is 11.1. The fourth-order valence-electron chi connectivity index (χ4n) is 1.19. The molecule has 1 aromatic heterocycles. The fourth-order valence-corrected chi connectivity index (χ4v) is 2.06. The molecular formula is C9H14N2O2S. The van der Waals surface area contributed by atoms with Crippen LogP contribution in [0, 0.1) is 6.92 Å². The lowest BCUT2D eigenvalue weighted by atomic mass is 10.2. The SMILES string of the molecule is Cc1nc(CN)ccc1CS(C)(=O)=O. The van der Waals surface area contributed by atoms with E-state index in [9.17, 15) is 8.42 Å². The minimum absolute atomic E-state index is 0.0384. The van der Waals surface area contributed by atoms with Gasteiger partial charge in [0.2, 0.25) is 0 Å². The van der Waals surface area contributed by atoms with Crippen molar-refractivity contribution >= 4 is 9.84 Å². The van der Waals surface area contributed by atoms with Gasteiger partial charge >= 0.3 is 0 Å². The number of nitrogens with zero attached hydrogens (tertiary/aromatic N) is 1. The maximum Gasteiger partial charge on any atom is 0.151 e. The number of rotatable bonds is 3. The zero-order valence-corrected chi connectivity index (χ0v) is 9.13. The van der Waals surface area contributed by atoms with Crippen LogP contribution in [-0.4, -0.2) is 19.7 Å². The van der Waals surface area contributed by atoms with E-state index < -0.39 is 9.84 Å². The fraction of sp³-hybridized carbons (Fsp3) is 0.444. The third-order valence-electron chi connectivity index (χ3n) is 1.88. The summed E-state index contributed by atoms with van der Waals surface area (Å²) in [5, 5.41) is 0. The molecule has 1 rings (SSSR count). The van der Waals surface area contributed by atoms with E-state index in [4.69, 9.17) is 5.73 Å². The molecule has 0 aliphatic carbocycles. The van der Waals surface area contributed by atoms with Crippen LogP contribution in [-0.2, 0) is 22.1 Å². The van der Waals surface area contributed by atoms with E-state index in [0.29, 0.717) is 6.54 Å². The highest BCUT2D eigenvalue weighted by atomic mass is 32.2. The number of hydrogen-bond donors (Lipinski definition) is 1. The second kappa shape index (κ2) is 4.06. The number of pyridine rings is 1. The van der Waals surface area contributed by atoms with Gasteiger partial charge in [-0.1, -0.05) is 6.07 Å². The Labute approximate surface area is 84.1 Å². The van der Waals surface area contributed by atoms with Gasteiger partial charge in [-0.2, -0.15) is 0 Å². The average molecular weight is 214 g/mol. The van der Waals surface area contributed by atoms with Gasteiger partial charge in [0.05, 0.1) is 11.4 Å². The van der Waals surface area contributed by atoms with Crippen LogP contribution >= 0.6 is 0 Å². The summed E-state index contributed by atoms with van der Waals surface area (Å²) in [5.41, 5.74) is 7.67. The van der Waals surface area contributed by atoms with E-state index in [0.717, 1.165) is 17.0 Å². The molecule has 5 heteroatoms. The first-order chi connectivity index (χ1) is 6.42. The molecule has 1 heterocycles. The Morgan fingerprint density at radius 2 is 2.07 bits per heavy atom. The summed E-state index contributed by atoms with van der Waals surface area (Å²) in [6, 6.07) is 3.53. The molecule has 0 aliphatic rings. The van der Waals surface area contributed by atoms with Gasteiger partial charge in [-0.15, -0.1) is 0 Å². The highest BCUT2D eigenvalue weighted by Crippen LogP contribution is 2.10. The standard InChI is InChI=1S/C9H14N2O2S/c1-7-8(6-14(2,12)13)3-4-9(5-10)11-7/h3-4H,5-6,10H2,1-2H3. The van der Waals surface area contributed by atoms with Gasteiger partial charge in [0.25, 0.3) is 0 Å². The summed E-state index contributed by atoms with van der Waals surface area (Å²) in [5.74, 6) is 0.0384. The summed E-state index contributed by atoms with van der Waals surface area (Å²) in [4.78, 5) is 4.19. The van der Waals surface area contributed by atoms with Crippen molar-refractivity contribution < 1.29 is 8.42 Å². The molecular weight excluding hydrogens is 200 g/mol. The van der Waals surface area contributed by atoms with Crippen molar-refractivity contribution in [2.45, 2.75) is 19.2 Å². The molecule has 14 heavy (non-hydrogen) atoms. The lowest BCUT2D eigenvalue weighted by Gasteiger charge is -2.05. The minimum Gasteiger partial charge on any atom is -0.325 e. The molecule has 0 unspecified atom stereocenters. The largest absolute Gasteiger partial charge is 0.325 e. The highest BCUT2D eigenvalue weighted by Gasteiger charge is 2.08. The number of hydrogen-bond acceptors (Lipinski definition) is 4. The Morgan fingerprint density at radius 3 is 2.50 bits per heavy atom. The number of nitrogens with two attached hydrogens (primary N) is 1. The lowest BCUT2D eigenvalue weighted by Crippen LogP contribution is -2.06. The normalized spacial score (nSPS) is 11.6. The van der Waals surface area contributed by atoms with Crippen molar-refractivity contribution in [3.63, 3.8) is 0 Å². The van der Waals surface area contributed by atoms with E-state index in [-0.39, 0.29) is 5.75 Å². The Kier molecular flexibility index (Phi) is 3.23. The van der Waals surface area contributed by atoms with Gasteiger partial charge < -0.3 is 5.73 Å². The predicted molar refractivity (Wildman–Crippen MR) is 55.4 cm³/mol. The molecule has 0 aliphatic heterocycles. The molecule has 78 valence electrons. The molecule has 0 atom stereocenters. The Hall–Kier alpha value is -0.940. The van der Waals surface area contributed by atoms with Crippen LogP contribution in [0.3, 0.4) is 0 Å². The first-order valence-corrected chi connectivity index (χ1v) is 6.31. The zero-order valence-electron chi connectivity index (χ0n) is 8.32. The van der Waals surface area contributed by atoms with Crippen LogP contribution in [0.25, 0.3) is 0 Å². The van der Waals surface area contributed by atoms with Gasteiger partial charge in [0.15, 0.2) is 9.84 Å². The topological polar surface area (TPSA) is 73.0 Å². The summed E-state index contributed by atoms with van der Waals surface area (Å²) in [6.07, 6.45) is 1.21. The van der Waals surface area contributed by atoms with Crippen LogP contribution in [0.5, 0.6) is 0 Å². The minimum atomic E-state index is -2.99. The molecule has 1 aromatic rings. The predicted octanol–water partition coefficient (Wildman–Crippen LogP) is 0.393. The van der Waals surface area contributed by atoms with E-state index >= 15 is 0 Å². The van der Waals surface area contributed by atoms with Crippen LogP contribution < -0.4 is 5.73 Å². The van der Waals surface area contributed by atoms with Crippen molar-refractivity contribution in [2.75, 3.05) is 6.26 Å². The number of aromatic nitrogens is 1. The second-order valence-corrected chi connectivity index (χ2v) is 5.46. The quantitative estimate of drug-likeness (QED) is 0.790. The van der Waals surface area contributed by atoms with Crippen molar-refractivity contribution in [1.29, 1.82) is 0 Å². The van der Waals surface area contributed by atoms with Crippen molar-refractivity contribution in [2.24, 2.45) is 5.73 Å².